The molecule has 0 bridgehead atoms. The van der Waals surface area contributed by atoms with Crippen LogP contribution in [0, 0.1) is 0 Å². The van der Waals surface area contributed by atoms with Crippen molar-refractivity contribution in [1.82, 2.24) is 5.32 Å². The Morgan fingerprint density at radius 2 is 2.00 bits per heavy atom. The molecular formula is C13H19ClN2O2S2. The second-order valence-corrected chi connectivity index (χ2v) is 5.72. The van der Waals surface area contributed by atoms with Crippen LogP contribution in [0.2, 0.25) is 5.02 Å². The summed E-state index contributed by atoms with van der Waals surface area (Å²) in [5, 5.41) is 7.28. The monoisotopic (exact) mass is 334 g/mol. The highest BCUT2D eigenvalue weighted by molar-refractivity contribution is 7.98. The van der Waals surface area contributed by atoms with Crippen molar-refractivity contribution in [3.8, 4) is 11.5 Å². The number of halogens is 1. The highest BCUT2D eigenvalue weighted by atomic mass is 35.5. The first-order valence-corrected chi connectivity index (χ1v) is 8.25. The molecule has 0 spiro atoms. The lowest BCUT2D eigenvalue weighted by molar-refractivity contribution is 0.405. The van der Waals surface area contributed by atoms with Gasteiger partial charge in [0.05, 0.1) is 24.9 Å². The van der Waals surface area contributed by atoms with Gasteiger partial charge in [0.2, 0.25) is 0 Å². The van der Waals surface area contributed by atoms with Crippen molar-refractivity contribution in [2.75, 3.05) is 38.1 Å². The second-order valence-electron chi connectivity index (χ2n) is 3.91. The Morgan fingerprint density at radius 1 is 1.30 bits per heavy atom. The van der Waals surface area contributed by atoms with E-state index in [9.17, 15) is 0 Å². The Morgan fingerprint density at radius 3 is 2.60 bits per heavy atom. The van der Waals surface area contributed by atoms with E-state index < -0.39 is 0 Å². The van der Waals surface area contributed by atoms with Crippen LogP contribution < -0.4 is 20.1 Å². The first kappa shape index (κ1) is 17.2. The summed E-state index contributed by atoms with van der Waals surface area (Å²) in [5.41, 5.74) is 0.719. The predicted octanol–water partition coefficient (Wildman–Crippen LogP) is 3.40. The molecule has 0 aliphatic rings. The second kappa shape index (κ2) is 9.15. The molecule has 0 aliphatic carbocycles. The zero-order valence-corrected chi connectivity index (χ0v) is 14.2. The molecule has 112 valence electrons. The summed E-state index contributed by atoms with van der Waals surface area (Å²) in [6.07, 6.45) is 3.14. The SMILES string of the molecule is COc1cc(NC(=S)NCCCSC)c(OC)cc1Cl. The fraction of sp³-hybridized carbons (Fsp3) is 0.462. The van der Waals surface area contributed by atoms with Gasteiger partial charge in [0.15, 0.2) is 5.11 Å². The fourth-order valence-electron chi connectivity index (χ4n) is 1.54. The number of thioether (sulfide) groups is 1. The molecule has 0 aliphatic heterocycles. The van der Waals surface area contributed by atoms with Crippen molar-refractivity contribution in [2.45, 2.75) is 6.42 Å². The summed E-state index contributed by atoms with van der Waals surface area (Å²) in [6, 6.07) is 3.45. The number of methoxy groups -OCH3 is 2. The lowest BCUT2D eigenvalue weighted by atomic mass is 10.2. The standard InChI is InChI=1S/C13H19ClN2O2S2/c1-17-11-8-10(12(18-2)7-9(11)14)16-13(19)15-5-4-6-20-3/h7-8H,4-6H2,1-3H3,(H2,15,16,19). The number of benzene rings is 1. The van der Waals surface area contributed by atoms with E-state index >= 15 is 0 Å². The Bertz CT molecular complexity index is 458. The van der Waals surface area contributed by atoms with E-state index in [-0.39, 0.29) is 0 Å². The van der Waals surface area contributed by atoms with Crippen LogP contribution in [0.4, 0.5) is 5.69 Å². The number of hydrogen-bond acceptors (Lipinski definition) is 4. The van der Waals surface area contributed by atoms with Crippen molar-refractivity contribution in [2.24, 2.45) is 0 Å². The van der Waals surface area contributed by atoms with Gasteiger partial charge in [0.25, 0.3) is 0 Å². The van der Waals surface area contributed by atoms with E-state index in [1.807, 2.05) is 11.8 Å². The normalized spacial score (nSPS) is 10.0. The van der Waals surface area contributed by atoms with E-state index in [4.69, 9.17) is 33.3 Å². The van der Waals surface area contributed by atoms with Crippen molar-refractivity contribution < 1.29 is 9.47 Å². The summed E-state index contributed by atoms with van der Waals surface area (Å²) >= 11 is 13.1. The highest BCUT2D eigenvalue weighted by Crippen LogP contribution is 2.35. The van der Waals surface area contributed by atoms with E-state index in [0.717, 1.165) is 24.4 Å². The average Bonchev–Trinajstić information content (AvgIpc) is 2.45. The minimum absolute atomic E-state index is 0.494. The number of nitrogens with one attached hydrogen (secondary N) is 2. The number of rotatable bonds is 7. The Hall–Kier alpha value is -0.850. The third-order valence-electron chi connectivity index (χ3n) is 2.53. The largest absolute Gasteiger partial charge is 0.495 e. The van der Waals surface area contributed by atoms with Crippen molar-refractivity contribution >= 4 is 46.4 Å². The summed E-state index contributed by atoms with van der Waals surface area (Å²) in [4.78, 5) is 0. The summed E-state index contributed by atoms with van der Waals surface area (Å²) in [5.74, 6) is 2.29. The number of anilines is 1. The van der Waals surface area contributed by atoms with E-state index in [1.165, 1.54) is 0 Å². The van der Waals surface area contributed by atoms with Crippen molar-refractivity contribution in [3.63, 3.8) is 0 Å². The lowest BCUT2D eigenvalue weighted by Gasteiger charge is -2.15. The van der Waals surface area contributed by atoms with Gasteiger partial charge in [-0.2, -0.15) is 11.8 Å². The molecule has 0 unspecified atom stereocenters. The first-order chi connectivity index (χ1) is 9.62. The number of ether oxygens (including phenoxy) is 2. The van der Waals surface area contributed by atoms with Crippen LogP contribution in [0.15, 0.2) is 12.1 Å². The molecule has 1 rings (SSSR count). The molecule has 20 heavy (non-hydrogen) atoms. The summed E-state index contributed by atoms with van der Waals surface area (Å²) < 4.78 is 10.5. The maximum absolute atomic E-state index is 6.05. The molecule has 0 fully saturated rings. The molecular weight excluding hydrogens is 316 g/mol. The zero-order valence-electron chi connectivity index (χ0n) is 11.8. The molecule has 0 radical (unpaired) electrons. The summed E-state index contributed by atoms with van der Waals surface area (Å²) in [7, 11) is 3.15. The van der Waals surface area contributed by atoms with Crippen LogP contribution >= 0.6 is 35.6 Å². The third-order valence-corrected chi connectivity index (χ3v) is 3.77. The smallest absolute Gasteiger partial charge is 0.170 e. The Balaban J connectivity index is 2.68. The zero-order chi connectivity index (χ0) is 15.0. The molecule has 1 aromatic carbocycles. The molecule has 0 amide bonds. The molecule has 1 aromatic rings. The summed E-state index contributed by atoms with van der Waals surface area (Å²) in [6.45, 7) is 0.833. The van der Waals surface area contributed by atoms with Gasteiger partial charge in [-0.1, -0.05) is 11.6 Å². The van der Waals surface area contributed by atoms with Gasteiger partial charge in [-0.25, -0.2) is 0 Å². The van der Waals surface area contributed by atoms with Crippen LogP contribution in [0.3, 0.4) is 0 Å². The lowest BCUT2D eigenvalue weighted by Crippen LogP contribution is -2.29. The van der Waals surface area contributed by atoms with Crippen molar-refractivity contribution in [1.29, 1.82) is 0 Å². The Labute approximate surface area is 134 Å². The van der Waals surface area contributed by atoms with Gasteiger partial charge >= 0.3 is 0 Å². The topological polar surface area (TPSA) is 42.5 Å². The van der Waals surface area contributed by atoms with Gasteiger partial charge in [-0.05, 0) is 30.6 Å². The number of thiocarbonyl (C=S) groups is 1. The van der Waals surface area contributed by atoms with E-state index in [2.05, 4.69) is 16.9 Å². The van der Waals surface area contributed by atoms with Gasteiger partial charge in [0.1, 0.15) is 11.5 Å². The molecule has 0 saturated heterocycles. The predicted molar refractivity (Wildman–Crippen MR) is 91.8 cm³/mol. The quantitative estimate of drug-likeness (QED) is 0.588. The van der Waals surface area contributed by atoms with Gasteiger partial charge in [-0.3, -0.25) is 0 Å². The Kier molecular flexibility index (Phi) is 7.87. The molecule has 0 saturated carbocycles. The van der Waals surface area contributed by atoms with Crippen LogP contribution in [0.1, 0.15) is 6.42 Å². The third kappa shape index (κ3) is 5.26. The van der Waals surface area contributed by atoms with Gasteiger partial charge in [-0.15, -0.1) is 0 Å². The first-order valence-electron chi connectivity index (χ1n) is 6.07. The molecule has 4 nitrogen and oxygen atoms in total. The van der Waals surface area contributed by atoms with Crippen LogP contribution in [-0.2, 0) is 0 Å². The van der Waals surface area contributed by atoms with E-state index in [1.54, 1.807) is 26.4 Å². The minimum atomic E-state index is 0.494. The molecule has 0 atom stereocenters. The van der Waals surface area contributed by atoms with Crippen LogP contribution in [-0.4, -0.2) is 37.9 Å². The fourth-order valence-corrected chi connectivity index (χ4v) is 2.42. The van der Waals surface area contributed by atoms with Crippen LogP contribution in [0.25, 0.3) is 0 Å². The maximum atomic E-state index is 6.05. The van der Waals surface area contributed by atoms with Crippen LogP contribution in [0.5, 0.6) is 11.5 Å². The van der Waals surface area contributed by atoms with Gasteiger partial charge in [0, 0.05) is 18.7 Å². The van der Waals surface area contributed by atoms with Gasteiger partial charge < -0.3 is 20.1 Å². The van der Waals surface area contributed by atoms with Crippen molar-refractivity contribution in [3.05, 3.63) is 17.2 Å². The maximum Gasteiger partial charge on any atom is 0.170 e. The highest BCUT2D eigenvalue weighted by Gasteiger charge is 2.10. The minimum Gasteiger partial charge on any atom is -0.495 e. The molecule has 0 heterocycles. The molecule has 0 aromatic heterocycles. The average molecular weight is 335 g/mol. The molecule has 7 heteroatoms. The van der Waals surface area contributed by atoms with E-state index in [0.29, 0.717) is 21.6 Å². The number of hydrogen-bond donors (Lipinski definition) is 2. The molecule has 2 N–H and O–H groups in total.